The molecule has 19 heteroatoms. The first-order chi connectivity index (χ1) is 28.6. The quantitative estimate of drug-likeness (QED) is 0.0671. The molecule has 1 aromatic carbocycles. The van der Waals surface area contributed by atoms with Crippen LogP contribution in [0, 0.1) is 10.8 Å². The number of rotatable bonds is 17. The number of nitrogens with one attached hydrogen (secondary N) is 1. The van der Waals surface area contributed by atoms with E-state index in [1.165, 1.54) is 29.7 Å². The zero-order valence-corrected chi connectivity index (χ0v) is 38.0. The van der Waals surface area contributed by atoms with Gasteiger partial charge in [0.25, 0.3) is 5.91 Å². The van der Waals surface area contributed by atoms with Gasteiger partial charge in [0.2, 0.25) is 18.5 Å². The van der Waals surface area contributed by atoms with E-state index in [4.69, 9.17) is 33.0 Å². The summed E-state index contributed by atoms with van der Waals surface area (Å²) in [6, 6.07) is 9.01. The molecule has 1 N–H and O–H groups in total. The molecule has 0 spiro atoms. The van der Waals surface area contributed by atoms with Crippen LogP contribution in [-0.2, 0) is 46.9 Å². The molecule has 4 atom stereocenters. The zero-order chi connectivity index (χ0) is 45.1. The first-order valence-electron chi connectivity index (χ1n) is 20.7. The van der Waals surface area contributed by atoms with Crippen molar-refractivity contribution in [3.8, 4) is 11.4 Å². The van der Waals surface area contributed by atoms with Crippen molar-refractivity contribution in [1.29, 1.82) is 0 Å². The minimum atomic E-state index is -4.65. The van der Waals surface area contributed by atoms with Gasteiger partial charge in [-0.1, -0.05) is 43.7 Å². The van der Waals surface area contributed by atoms with Crippen molar-refractivity contribution in [2.24, 2.45) is 10.8 Å². The Balaban J connectivity index is 1.72. The fourth-order valence-electron chi connectivity index (χ4n) is 6.19. The van der Waals surface area contributed by atoms with Gasteiger partial charge >= 0.3 is 25.6 Å². The van der Waals surface area contributed by atoms with Crippen molar-refractivity contribution in [3.63, 3.8) is 0 Å². The van der Waals surface area contributed by atoms with Gasteiger partial charge < -0.3 is 39.0 Å². The summed E-state index contributed by atoms with van der Waals surface area (Å²) < 4.78 is 48.5. The lowest BCUT2D eigenvalue weighted by atomic mass is 9.97. The van der Waals surface area contributed by atoms with Gasteiger partial charge in [0.1, 0.15) is 17.6 Å². The molecule has 3 heterocycles. The van der Waals surface area contributed by atoms with E-state index in [0.29, 0.717) is 30.9 Å². The fraction of sp³-hybridized carbons (Fsp3) is 0.643. The number of nitrogens with zero attached hydrogens (tertiary/aromatic N) is 5. The van der Waals surface area contributed by atoms with Crippen LogP contribution in [-0.4, -0.2) is 133 Å². The predicted octanol–water partition coefficient (Wildman–Crippen LogP) is 5.64. The monoisotopic (exact) mass is 874 g/mol. The molecular formula is C42H63N6O12P. The molecule has 2 saturated heterocycles. The predicted molar refractivity (Wildman–Crippen MR) is 225 cm³/mol. The first kappa shape index (κ1) is 49.0. The van der Waals surface area contributed by atoms with Crippen molar-refractivity contribution >= 4 is 43.3 Å². The Hall–Kier alpha value is -4.64. The third kappa shape index (κ3) is 14.5. The maximum Gasteiger partial charge on any atom is 0.409 e. The second-order valence-corrected chi connectivity index (χ2v) is 19.2. The van der Waals surface area contributed by atoms with Crippen molar-refractivity contribution < 1.29 is 56.5 Å². The number of piperazine rings is 1. The minimum absolute atomic E-state index is 0.0441. The lowest BCUT2D eigenvalue weighted by Crippen LogP contribution is -2.57. The maximum atomic E-state index is 14.9. The summed E-state index contributed by atoms with van der Waals surface area (Å²) >= 11 is 0. The van der Waals surface area contributed by atoms with Crippen molar-refractivity contribution in [3.05, 3.63) is 42.1 Å². The van der Waals surface area contributed by atoms with Gasteiger partial charge in [-0.3, -0.25) is 32.8 Å². The summed E-state index contributed by atoms with van der Waals surface area (Å²) in [7, 11) is -3.02. The minimum Gasteiger partial charge on any atom is -0.449 e. The number of hydrogen-bond donors (Lipinski definition) is 1. The number of esters is 2. The third-order valence-electron chi connectivity index (χ3n) is 9.75. The van der Waals surface area contributed by atoms with E-state index in [9.17, 15) is 28.5 Å². The van der Waals surface area contributed by atoms with Gasteiger partial charge in [-0.15, -0.1) is 0 Å². The summed E-state index contributed by atoms with van der Waals surface area (Å²) in [5.74, 6) is -2.09. The lowest BCUT2D eigenvalue weighted by molar-refractivity contribution is -0.177. The third-order valence-corrected chi connectivity index (χ3v) is 11.8. The second-order valence-electron chi connectivity index (χ2n) is 17.1. The molecule has 2 aliphatic rings. The average Bonchev–Trinajstić information content (AvgIpc) is 3.69. The summed E-state index contributed by atoms with van der Waals surface area (Å²) in [6.45, 7) is 16.2. The van der Waals surface area contributed by atoms with Crippen molar-refractivity contribution in [2.75, 3.05) is 64.0 Å². The highest BCUT2D eigenvalue weighted by Gasteiger charge is 2.42. The van der Waals surface area contributed by atoms with Gasteiger partial charge in [-0.05, 0) is 68.2 Å². The molecule has 2 aromatic rings. The highest BCUT2D eigenvalue weighted by molar-refractivity contribution is 7.54. The number of carbonyl (C=O) groups is 5. The molecule has 61 heavy (non-hydrogen) atoms. The number of aromatic nitrogens is 2. The number of benzene rings is 1. The Morgan fingerprint density at radius 2 is 1.43 bits per heavy atom. The molecule has 3 amide bonds. The molecule has 2 fully saturated rings. The van der Waals surface area contributed by atoms with Crippen LogP contribution >= 0.6 is 7.60 Å². The normalized spacial score (nSPS) is 18.4. The van der Waals surface area contributed by atoms with Gasteiger partial charge in [0.05, 0.1) is 29.7 Å². The van der Waals surface area contributed by atoms with Crippen LogP contribution in [0.5, 0.6) is 0 Å². The van der Waals surface area contributed by atoms with Gasteiger partial charge in [0.15, 0.2) is 5.82 Å². The molecule has 0 bridgehead atoms. The fourth-order valence-corrected chi connectivity index (χ4v) is 8.09. The standard InChI is InChI=1S/C42H63N6O12P/c1-11-12-24-56-40(53)47-22-20-46(21-23-47)37(50)33(27-61(54,59-28(2)57-38(51)41(4,5)6)60-29(3)58-39(52)42(7,8)9)44-36(49)32-25-34(48-19-18-31(26-48)55-10)45-35(43-32)30-16-14-13-15-17-30/h13-17,25,28-29,31,33H,11-12,18-24,26-27H2,1-10H3,(H,44,49). The SMILES string of the molecule is CCCCOC(=O)N1CCN(C(=O)C(CP(=O)(OC(C)OC(=O)C(C)(C)C)OC(C)OC(=O)C(C)(C)C)NC(=O)c2cc(N3CCC(OC)C3)nc(-c3ccccc3)n2)CC1. The van der Waals surface area contributed by atoms with E-state index < -0.39 is 73.1 Å². The maximum absolute atomic E-state index is 14.9. The Labute approximate surface area is 358 Å². The summed E-state index contributed by atoms with van der Waals surface area (Å²) in [5.41, 5.74) is -1.35. The Kier molecular flexibility index (Phi) is 17.2. The van der Waals surface area contributed by atoms with E-state index in [1.807, 2.05) is 30.0 Å². The summed E-state index contributed by atoms with van der Waals surface area (Å²) in [6.07, 6.45) is -1.95. The number of carbonyl (C=O) groups excluding carboxylic acids is 5. The number of anilines is 1. The average molecular weight is 875 g/mol. The smallest absolute Gasteiger partial charge is 0.409 e. The van der Waals surface area contributed by atoms with E-state index in [1.54, 1.807) is 60.8 Å². The van der Waals surface area contributed by atoms with Crippen molar-refractivity contribution in [2.45, 2.75) is 106 Å². The van der Waals surface area contributed by atoms with E-state index in [-0.39, 0.29) is 50.4 Å². The van der Waals surface area contributed by atoms with Gasteiger partial charge in [0, 0.05) is 58.0 Å². The lowest BCUT2D eigenvalue weighted by Gasteiger charge is -2.36. The van der Waals surface area contributed by atoms with Crippen LogP contribution in [0.3, 0.4) is 0 Å². The molecule has 2 aliphatic heterocycles. The number of unbranched alkanes of at least 4 members (excludes halogenated alkanes) is 1. The molecule has 0 aliphatic carbocycles. The topological polar surface area (TPSA) is 205 Å². The summed E-state index contributed by atoms with van der Waals surface area (Å²) in [5, 5.41) is 2.73. The van der Waals surface area contributed by atoms with Crippen LogP contribution in [0.25, 0.3) is 11.4 Å². The largest absolute Gasteiger partial charge is 0.449 e. The van der Waals surface area contributed by atoms with Crippen LogP contribution in [0.1, 0.15) is 92.1 Å². The highest BCUT2D eigenvalue weighted by atomic mass is 31.2. The molecule has 4 rings (SSSR count). The molecule has 1 aromatic heterocycles. The van der Waals surface area contributed by atoms with Crippen LogP contribution in [0.15, 0.2) is 36.4 Å². The Bertz CT molecular complexity index is 1840. The van der Waals surface area contributed by atoms with Crippen LogP contribution in [0.2, 0.25) is 0 Å². The molecule has 0 saturated carbocycles. The van der Waals surface area contributed by atoms with E-state index >= 15 is 0 Å². The van der Waals surface area contributed by atoms with Crippen LogP contribution < -0.4 is 10.2 Å². The molecule has 4 unspecified atom stereocenters. The Morgan fingerprint density at radius 1 is 0.852 bits per heavy atom. The number of amides is 3. The van der Waals surface area contributed by atoms with Crippen LogP contribution in [0.4, 0.5) is 10.6 Å². The number of ether oxygens (including phenoxy) is 4. The summed E-state index contributed by atoms with van der Waals surface area (Å²) in [4.78, 5) is 81.6. The highest BCUT2D eigenvalue weighted by Crippen LogP contribution is 2.52. The zero-order valence-electron chi connectivity index (χ0n) is 37.1. The van der Waals surface area contributed by atoms with Gasteiger partial charge in [-0.2, -0.15) is 0 Å². The molecule has 18 nitrogen and oxygen atoms in total. The molecule has 338 valence electrons. The van der Waals surface area contributed by atoms with E-state index in [0.717, 1.165) is 12.8 Å². The van der Waals surface area contributed by atoms with Crippen molar-refractivity contribution in [1.82, 2.24) is 25.1 Å². The first-order valence-corrected chi connectivity index (χ1v) is 22.5. The molecule has 0 radical (unpaired) electrons. The van der Waals surface area contributed by atoms with E-state index in [2.05, 4.69) is 10.3 Å². The number of hydrogen-bond acceptors (Lipinski definition) is 15. The molecular weight excluding hydrogens is 811 g/mol. The second kappa shape index (κ2) is 21.4. The number of methoxy groups -OCH3 is 1. The van der Waals surface area contributed by atoms with Gasteiger partial charge in [-0.25, -0.2) is 14.8 Å². The Morgan fingerprint density at radius 3 is 1.95 bits per heavy atom.